The lowest BCUT2D eigenvalue weighted by Gasteiger charge is -1.97. The van der Waals surface area contributed by atoms with Crippen molar-refractivity contribution in [3.63, 3.8) is 0 Å². The van der Waals surface area contributed by atoms with Gasteiger partial charge in [-0.25, -0.2) is 14.3 Å². The Kier molecular flexibility index (Phi) is 2.95. The summed E-state index contributed by atoms with van der Waals surface area (Å²) in [6, 6.07) is 11.3. The van der Waals surface area contributed by atoms with E-state index in [1.165, 1.54) is 12.7 Å². The highest BCUT2D eigenvalue weighted by atomic mass is 16.5. The van der Waals surface area contributed by atoms with E-state index in [1.54, 1.807) is 22.8 Å². The molecule has 0 aliphatic rings. The van der Waals surface area contributed by atoms with Crippen LogP contribution in [-0.4, -0.2) is 27.7 Å². The molecule has 0 fully saturated rings. The smallest absolute Gasteiger partial charge is 0.338 e. The number of esters is 1. The van der Waals surface area contributed by atoms with E-state index in [9.17, 15) is 4.79 Å². The Labute approximate surface area is 115 Å². The summed E-state index contributed by atoms with van der Waals surface area (Å²) in [6.07, 6.45) is 1.70. The number of fused-ring (bicyclic) bond motifs is 1. The minimum atomic E-state index is -0.382. The predicted octanol–water partition coefficient (Wildman–Crippen LogP) is 2.49. The van der Waals surface area contributed by atoms with Crippen molar-refractivity contribution in [2.24, 2.45) is 0 Å². The molecule has 0 unspecified atom stereocenters. The molecule has 0 aliphatic heterocycles. The van der Waals surface area contributed by atoms with Crippen molar-refractivity contribution in [1.82, 2.24) is 14.6 Å². The Morgan fingerprint density at radius 1 is 1.20 bits per heavy atom. The molecule has 0 saturated heterocycles. The molecule has 0 aliphatic carbocycles. The first kappa shape index (κ1) is 12.3. The zero-order valence-corrected chi connectivity index (χ0v) is 11.2. The van der Waals surface area contributed by atoms with Crippen molar-refractivity contribution in [3.05, 3.63) is 53.7 Å². The molecule has 0 saturated carbocycles. The van der Waals surface area contributed by atoms with Gasteiger partial charge >= 0.3 is 5.97 Å². The van der Waals surface area contributed by atoms with Crippen LogP contribution in [0.1, 0.15) is 15.9 Å². The number of hydrogen-bond acceptors (Lipinski definition) is 4. The highest BCUT2D eigenvalue weighted by Gasteiger charge is 2.10. The molecular formula is C15H13N3O2. The second-order valence-corrected chi connectivity index (χ2v) is 4.51. The van der Waals surface area contributed by atoms with Crippen molar-refractivity contribution in [1.29, 1.82) is 0 Å². The van der Waals surface area contributed by atoms with E-state index in [1.807, 2.05) is 31.2 Å². The SMILES string of the molecule is COC(=O)c1ccn2nc(-c3ccc(C)cc3)nc2c1. The first-order valence-electron chi connectivity index (χ1n) is 6.19. The number of aryl methyl sites for hydroxylation is 1. The number of carbonyl (C=O) groups excluding carboxylic acids is 1. The van der Waals surface area contributed by atoms with Gasteiger partial charge < -0.3 is 4.74 Å². The molecule has 0 spiro atoms. The fraction of sp³-hybridized carbons (Fsp3) is 0.133. The van der Waals surface area contributed by atoms with Crippen LogP contribution < -0.4 is 0 Å². The molecule has 100 valence electrons. The molecule has 5 nitrogen and oxygen atoms in total. The maximum Gasteiger partial charge on any atom is 0.338 e. The van der Waals surface area contributed by atoms with Gasteiger partial charge in [0.15, 0.2) is 11.5 Å². The molecule has 0 radical (unpaired) electrons. The Hall–Kier alpha value is -2.69. The van der Waals surface area contributed by atoms with E-state index < -0.39 is 0 Å². The van der Waals surface area contributed by atoms with Gasteiger partial charge in [0, 0.05) is 11.8 Å². The first-order valence-corrected chi connectivity index (χ1v) is 6.19. The normalized spacial score (nSPS) is 10.7. The molecule has 2 aromatic heterocycles. The average molecular weight is 267 g/mol. The van der Waals surface area contributed by atoms with Crippen molar-refractivity contribution < 1.29 is 9.53 Å². The Balaban J connectivity index is 2.06. The molecule has 0 amide bonds. The molecule has 0 bridgehead atoms. The van der Waals surface area contributed by atoms with Crippen LogP contribution in [0, 0.1) is 6.92 Å². The molecular weight excluding hydrogens is 254 g/mol. The van der Waals surface area contributed by atoms with E-state index in [0.717, 1.165) is 5.56 Å². The van der Waals surface area contributed by atoms with Crippen LogP contribution in [0.3, 0.4) is 0 Å². The van der Waals surface area contributed by atoms with Crippen LogP contribution in [0.4, 0.5) is 0 Å². The third-order valence-electron chi connectivity index (χ3n) is 3.07. The van der Waals surface area contributed by atoms with Crippen LogP contribution in [0.25, 0.3) is 17.0 Å². The highest BCUT2D eigenvalue weighted by Crippen LogP contribution is 2.17. The Morgan fingerprint density at radius 2 is 1.95 bits per heavy atom. The van der Waals surface area contributed by atoms with Crippen LogP contribution in [0.15, 0.2) is 42.6 Å². The fourth-order valence-electron chi connectivity index (χ4n) is 1.95. The van der Waals surface area contributed by atoms with Crippen molar-refractivity contribution in [2.75, 3.05) is 7.11 Å². The van der Waals surface area contributed by atoms with E-state index in [0.29, 0.717) is 17.0 Å². The van der Waals surface area contributed by atoms with Gasteiger partial charge in [-0.3, -0.25) is 0 Å². The van der Waals surface area contributed by atoms with Gasteiger partial charge in [-0.1, -0.05) is 29.8 Å². The maximum atomic E-state index is 11.5. The number of hydrogen-bond donors (Lipinski definition) is 0. The number of pyridine rings is 1. The third-order valence-corrected chi connectivity index (χ3v) is 3.07. The van der Waals surface area contributed by atoms with Gasteiger partial charge in [-0.2, -0.15) is 0 Å². The topological polar surface area (TPSA) is 56.5 Å². The van der Waals surface area contributed by atoms with Gasteiger partial charge in [0.2, 0.25) is 0 Å². The largest absolute Gasteiger partial charge is 0.465 e. The van der Waals surface area contributed by atoms with Crippen LogP contribution in [0.5, 0.6) is 0 Å². The minimum absolute atomic E-state index is 0.382. The molecule has 3 rings (SSSR count). The minimum Gasteiger partial charge on any atom is -0.465 e. The van der Waals surface area contributed by atoms with Crippen LogP contribution >= 0.6 is 0 Å². The van der Waals surface area contributed by atoms with E-state index >= 15 is 0 Å². The molecule has 20 heavy (non-hydrogen) atoms. The zero-order valence-electron chi connectivity index (χ0n) is 11.2. The standard InChI is InChI=1S/C15H13N3O2/c1-10-3-5-11(6-4-10)14-16-13-9-12(15(19)20-2)7-8-18(13)17-14/h3-9H,1-2H3. The quantitative estimate of drug-likeness (QED) is 0.669. The van der Waals surface area contributed by atoms with E-state index in [-0.39, 0.29) is 5.97 Å². The van der Waals surface area contributed by atoms with Gasteiger partial charge in [-0.15, -0.1) is 5.10 Å². The number of rotatable bonds is 2. The van der Waals surface area contributed by atoms with Crippen LogP contribution in [0.2, 0.25) is 0 Å². The number of nitrogens with zero attached hydrogens (tertiary/aromatic N) is 3. The number of aromatic nitrogens is 3. The summed E-state index contributed by atoms with van der Waals surface area (Å²) in [5.74, 6) is 0.249. The fourth-order valence-corrected chi connectivity index (χ4v) is 1.95. The van der Waals surface area contributed by atoms with E-state index in [2.05, 4.69) is 10.1 Å². The number of methoxy groups -OCH3 is 1. The summed E-state index contributed by atoms with van der Waals surface area (Å²) in [7, 11) is 1.36. The second kappa shape index (κ2) is 4.77. The highest BCUT2D eigenvalue weighted by molar-refractivity contribution is 5.90. The molecule has 0 atom stereocenters. The summed E-state index contributed by atoms with van der Waals surface area (Å²) in [6.45, 7) is 2.03. The molecule has 3 aromatic rings. The second-order valence-electron chi connectivity index (χ2n) is 4.51. The van der Waals surface area contributed by atoms with Gasteiger partial charge in [0.1, 0.15) is 0 Å². The summed E-state index contributed by atoms with van der Waals surface area (Å²) >= 11 is 0. The molecule has 1 aromatic carbocycles. The molecule has 2 heterocycles. The van der Waals surface area contributed by atoms with Crippen molar-refractivity contribution >= 4 is 11.6 Å². The summed E-state index contributed by atoms with van der Waals surface area (Å²) in [5, 5.41) is 4.39. The summed E-state index contributed by atoms with van der Waals surface area (Å²) in [4.78, 5) is 15.9. The van der Waals surface area contributed by atoms with Gasteiger partial charge in [0.05, 0.1) is 12.7 Å². The number of carbonyl (C=O) groups is 1. The lowest BCUT2D eigenvalue weighted by atomic mass is 10.1. The number of benzene rings is 1. The van der Waals surface area contributed by atoms with Crippen molar-refractivity contribution in [2.45, 2.75) is 6.92 Å². The first-order chi connectivity index (χ1) is 9.67. The zero-order chi connectivity index (χ0) is 14.1. The predicted molar refractivity (Wildman–Crippen MR) is 74.5 cm³/mol. The maximum absolute atomic E-state index is 11.5. The number of ether oxygens (including phenoxy) is 1. The summed E-state index contributed by atoms with van der Waals surface area (Å²) < 4.78 is 6.33. The third kappa shape index (κ3) is 2.14. The average Bonchev–Trinajstić information content (AvgIpc) is 2.90. The Bertz CT molecular complexity index is 775. The van der Waals surface area contributed by atoms with Gasteiger partial charge in [-0.05, 0) is 19.1 Å². The molecule has 0 N–H and O–H groups in total. The Morgan fingerprint density at radius 3 is 2.65 bits per heavy atom. The summed E-state index contributed by atoms with van der Waals surface area (Å²) in [5.41, 5.74) is 3.20. The lowest BCUT2D eigenvalue weighted by Crippen LogP contribution is -2.02. The van der Waals surface area contributed by atoms with Gasteiger partial charge in [0.25, 0.3) is 0 Å². The molecule has 5 heteroatoms. The van der Waals surface area contributed by atoms with Crippen LogP contribution in [-0.2, 0) is 4.74 Å². The monoisotopic (exact) mass is 267 g/mol. The lowest BCUT2D eigenvalue weighted by molar-refractivity contribution is 0.0600. The van der Waals surface area contributed by atoms with Crippen molar-refractivity contribution in [3.8, 4) is 11.4 Å². The van der Waals surface area contributed by atoms with E-state index in [4.69, 9.17) is 4.74 Å².